The van der Waals surface area contributed by atoms with Gasteiger partial charge in [-0.1, -0.05) is 24.3 Å². The van der Waals surface area contributed by atoms with Crippen molar-refractivity contribution in [3.05, 3.63) is 120 Å². The zero-order valence-corrected chi connectivity index (χ0v) is 23.9. The number of fused-ring (bicyclic) bond motifs is 2. The van der Waals surface area contributed by atoms with Crippen LogP contribution in [0.25, 0.3) is 44.6 Å². The number of rotatable bonds is 4. The lowest BCUT2D eigenvalue weighted by molar-refractivity contribution is 0.101. The smallest absolute Gasteiger partial charge is 0.180 e. The quantitative estimate of drug-likeness (QED) is 0.165. The summed E-state index contributed by atoms with van der Waals surface area (Å²) in [5, 5.41) is 7.00. The summed E-state index contributed by atoms with van der Waals surface area (Å²) >= 11 is 0. The Morgan fingerprint density at radius 3 is 1.41 bits per heavy atom. The molecule has 1 unspecified atom stereocenters. The van der Waals surface area contributed by atoms with Crippen LogP contribution in [0.4, 0.5) is 17.6 Å². The number of Topliss-reactive ketones (excluding diaryl/α,β-unsaturated/α-hetero) is 1. The molecule has 0 saturated carbocycles. The van der Waals surface area contributed by atoms with Gasteiger partial charge in [0.15, 0.2) is 5.78 Å². The van der Waals surface area contributed by atoms with Gasteiger partial charge in [0.05, 0.1) is 33.5 Å². The van der Waals surface area contributed by atoms with E-state index >= 15 is 0 Å². The van der Waals surface area contributed by atoms with Crippen LogP contribution in [-0.4, -0.2) is 37.9 Å². The zero-order valence-electron chi connectivity index (χ0n) is 23.9. The SMILES string of the molecule is CC(=O)c1nc2ccccc2nc1-c1cc(F)cc(F)c1.CC(N)c1nc2ccccc2nc1-c1cc(F)cc(F)c1.CO. The molecule has 7 nitrogen and oxygen atoms in total. The van der Waals surface area contributed by atoms with Crippen LogP contribution in [0, 0.1) is 23.3 Å². The fraction of sp³-hybridized carbons (Fsp3) is 0.121. The lowest BCUT2D eigenvalue weighted by atomic mass is 10.1. The zero-order chi connectivity index (χ0) is 32.0. The van der Waals surface area contributed by atoms with Crippen molar-refractivity contribution >= 4 is 27.9 Å². The van der Waals surface area contributed by atoms with Gasteiger partial charge in [-0.25, -0.2) is 37.5 Å². The maximum absolute atomic E-state index is 13.4. The molecule has 0 bridgehead atoms. The molecule has 0 saturated heterocycles. The van der Waals surface area contributed by atoms with Crippen LogP contribution < -0.4 is 5.73 Å². The molecule has 6 aromatic rings. The van der Waals surface area contributed by atoms with Crippen molar-refractivity contribution in [1.29, 1.82) is 0 Å². The first-order valence-electron chi connectivity index (χ1n) is 13.3. The van der Waals surface area contributed by atoms with Gasteiger partial charge in [0, 0.05) is 43.3 Å². The third-order valence-electron chi connectivity index (χ3n) is 6.20. The summed E-state index contributed by atoms with van der Waals surface area (Å²) in [6, 6.07) is 20.2. The van der Waals surface area contributed by atoms with Crippen molar-refractivity contribution in [2.45, 2.75) is 19.9 Å². The van der Waals surface area contributed by atoms with E-state index in [2.05, 4.69) is 19.9 Å². The van der Waals surface area contributed by atoms with Crippen LogP contribution in [0.2, 0.25) is 0 Å². The van der Waals surface area contributed by atoms with Crippen LogP contribution in [0.5, 0.6) is 0 Å². The summed E-state index contributed by atoms with van der Waals surface area (Å²) in [5.74, 6) is -3.08. The number of nitrogens with zero attached hydrogens (tertiary/aromatic N) is 4. The second-order valence-electron chi connectivity index (χ2n) is 9.52. The van der Waals surface area contributed by atoms with E-state index < -0.39 is 29.3 Å². The number of hydrogen-bond donors (Lipinski definition) is 2. The number of halogens is 4. The van der Waals surface area contributed by atoms with E-state index in [0.29, 0.717) is 39.0 Å². The number of carbonyl (C=O) groups excluding carboxylic acids is 1. The molecule has 0 aliphatic heterocycles. The number of nitrogens with two attached hydrogens (primary N) is 1. The highest BCUT2D eigenvalue weighted by Crippen LogP contribution is 2.28. The number of hydrogen-bond acceptors (Lipinski definition) is 7. The summed E-state index contributed by atoms with van der Waals surface area (Å²) in [7, 11) is 1.00. The summed E-state index contributed by atoms with van der Waals surface area (Å²) < 4.78 is 53.7. The topological polar surface area (TPSA) is 115 Å². The average Bonchev–Trinajstić information content (AvgIpc) is 3.00. The second kappa shape index (κ2) is 13.9. The lowest BCUT2D eigenvalue weighted by Gasteiger charge is -2.12. The second-order valence-corrected chi connectivity index (χ2v) is 9.52. The third kappa shape index (κ3) is 7.25. The van der Waals surface area contributed by atoms with E-state index in [-0.39, 0.29) is 22.7 Å². The van der Waals surface area contributed by atoms with Crippen molar-refractivity contribution in [3.8, 4) is 22.5 Å². The molecule has 6 rings (SSSR count). The minimum absolute atomic E-state index is 0.0960. The number of para-hydroxylation sites is 4. The predicted octanol–water partition coefficient (Wildman–Crippen LogP) is 6.98. The molecule has 224 valence electrons. The Bertz CT molecular complexity index is 1930. The van der Waals surface area contributed by atoms with E-state index in [4.69, 9.17) is 10.8 Å². The van der Waals surface area contributed by atoms with Gasteiger partial charge in [-0.15, -0.1) is 0 Å². The Balaban J connectivity index is 0.000000190. The van der Waals surface area contributed by atoms with Crippen LogP contribution in [-0.2, 0) is 0 Å². The molecule has 0 fully saturated rings. The van der Waals surface area contributed by atoms with E-state index in [1.807, 2.05) is 18.2 Å². The van der Waals surface area contributed by atoms with Gasteiger partial charge >= 0.3 is 0 Å². The largest absolute Gasteiger partial charge is 0.400 e. The maximum atomic E-state index is 13.4. The number of carbonyl (C=O) groups is 1. The van der Waals surface area contributed by atoms with Gasteiger partial charge < -0.3 is 10.8 Å². The lowest BCUT2D eigenvalue weighted by Crippen LogP contribution is -2.11. The minimum Gasteiger partial charge on any atom is -0.400 e. The van der Waals surface area contributed by atoms with E-state index in [1.165, 1.54) is 19.1 Å². The molecular formula is C33H27F4N5O2. The molecule has 44 heavy (non-hydrogen) atoms. The van der Waals surface area contributed by atoms with Gasteiger partial charge in [-0.2, -0.15) is 0 Å². The Hall–Kier alpha value is -5.13. The van der Waals surface area contributed by atoms with Crippen LogP contribution in [0.3, 0.4) is 0 Å². The summed E-state index contributed by atoms with van der Waals surface area (Å²) in [5.41, 5.74) is 10.1. The molecule has 0 amide bonds. The molecule has 0 spiro atoms. The molecule has 2 aromatic heterocycles. The molecule has 0 aliphatic rings. The Labute approximate surface area is 250 Å². The van der Waals surface area contributed by atoms with Gasteiger partial charge in [-0.3, -0.25) is 4.79 Å². The number of aliphatic hydroxyl groups is 1. The van der Waals surface area contributed by atoms with Crippen molar-refractivity contribution in [2.24, 2.45) is 5.73 Å². The highest BCUT2D eigenvalue weighted by atomic mass is 19.1. The van der Waals surface area contributed by atoms with Gasteiger partial charge in [0.1, 0.15) is 34.7 Å². The van der Waals surface area contributed by atoms with Crippen molar-refractivity contribution in [1.82, 2.24) is 19.9 Å². The molecule has 0 radical (unpaired) electrons. The Kier molecular flexibility index (Phi) is 10.0. The van der Waals surface area contributed by atoms with Crippen LogP contribution >= 0.6 is 0 Å². The van der Waals surface area contributed by atoms with Crippen LogP contribution in [0.15, 0.2) is 84.9 Å². The Morgan fingerprint density at radius 2 is 1.00 bits per heavy atom. The molecule has 11 heteroatoms. The van der Waals surface area contributed by atoms with Gasteiger partial charge in [0.2, 0.25) is 0 Å². The summed E-state index contributed by atoms with van der Waals surface area (Å²) in [6.45, 7) is 3.11. The third-order valence-corrected chi connectivity index (χ3v) is 6.20. The van der Waals surface area contributed by atoms with E-state index in [1.54, 1.807) is 37.3 Å². The normalized spacial score (nSPS) is 11.3. The van der Waals surface area contributed by atoms with E-state index in [0.717, 1.165) is 31.4 Å². The standard InChI is InChI=1S/C16H13F2N3.C16H10F2N2O.CH4O/c1-9(19)15-16(10-6-11(17)8-12(18)7-10)21-14-5-3-2-4-13(14)20-15;1-9(21)15-16(10-6-11(17)8-12(18)7-10)20-14-5-3-2-4-13(14)19-15;1-2/h2-9H,19H2,1H3;2-8H,1H3;2H,1H3. The van der Waals surface area contributed by atoms with Crippen molar-refractivity contribution < 1.29 is 27.5 Å². The molecule has 2 heterocycles. The monoisotopic (exact) mass is 601 g/mol. The number of aliphatic hydroxyl groups excluding tert-OH is 1. The highest BCUT2D eigenvalue weighted by Gasteiger charge is 2.17. The summed E-state index contributed by atoms with van der Waals surface area (Å²) in [6.07, 6.45) is 0. The maximum Gasteiger partial charge on any atom is 0.180 e. The molecule has 3 N–H and O–H groups in total. The van der Waals surface area contributed by atoms with Crippen LogP contribution in [0.1, 0.15) is 36.1 Å². The van der Waals surface area contributed by atoms with Crippen molar-refractivity contribution in [2.75, 3.05) is 7.11 Å². The highest BCUT2D eigenvalue weighted by molar-refractivity contribution is 6.00. The molecule has 4 aromatic carbocycles. The summed E-state index contributed by atoms with van der Waals surface area (Å²) in [4.78, 5) is 29.3. The first-order valence-corrected chi connectivity index (χ1v) is 13.3. The molecular weight excluding hydrogens is 574 g/mol. The van der Waals surface area contributed by atoms with Crippen molar-refractivity contribution in [3.63, 3.8) is 0 Å². The first kappa shape index (κ1) is 31.8. The average molecular weight is 602 g/mol. The predicted molar refractivity (Wildman–Crippen MR) is 161 cm³/mol. The number of benzene rings is 4. The number of ketones is 1. The minimum atomic E-state index is -0.727. The fourth-order valence-electron chi connectivity index (χ4n) is 4.37. The first-order chi connectivity index (χ1) is 21.1. The fourth-order valence-corrected chi connectivity index (χ4v) is 4.37. The van der Waals surface area contributed by atoms with Gasteiger partial charge in [0.25, 0.3) is 0 Å². The Morgan fingerprint density at radius 1 is 0.636 bits per heavy atom. The van der Waals surface area contributed by atoms with Gasteiger partial charge in [-0.05, 0) is 55.5 Å². The molecule has 0 aliphatic carbocycles. The molecule has 1 atom stereocenters. The number of aromatic nitrogens is 4. The van der Waals surface area contributed by atoms with E-state index in [9.17, 15) is 22.4 Å².